The number of ether oxygens (including phenoxy) is 1. The Kier molecular flexibility index (Phi) is 6.75. The molecule has 8 heteroatoms. The molecule has 0 spiro atoms. The predicted molar refractivity (Wildman–Crippen MR) is 138 cm³/mol. The maximum Gasteiger partial charge on any atom is 0.251 e. The lowest BCUT2D eigenvalue weighted by Gasteiger charge is -2.41. The number of aromatic nitrogens is 1. The van der Waals surface area contributed by atoms with Crippen molar-refractivity contribution in [3.05, 3.63) is 53.7 Å². The van der Waals surface area contributed by atoms with Gasteiger partial charge in [-0.05, 0) is 43.5 Å². The number of methoxy groups -OCH3 is 1. The summed E-state index contributed by atoms with van der Waals surface area (Å²) in [6.07, 6.45) is 6.00. The smallest absolute Gasteiger partial charge is 0.251 e. The van der Waals surface area contributed by atoms with Crippen LogP contribution in [0, 0.1) is 11.3 Å². The van der Waals surface area contributed by atoms with Crippen LogP contribution in [0.2, 0.25) is 0 Å². The molecule has 1 aromatic carbocycles. The topological polar surface area (TPSA) is 89.8 Å². The molecule has 1 aromatic heterocycles. The van der Waals surface area contributed by atoms with E-state index < -0.39 is 0 Å². The third-order valence-electron chi connectivity index (χ3n) is 7.17. The monoisotopic (exact) mass is 485 g/mol. The number of nitrogens with zero attached hydrogens (tertiary/aromatic N) is 5. The lowest BCUT2D eigenvalue weighted by atomic mass is 9.98. The molecule has 3 aliphatic rings. The number of pyridine rings is 1. The number of nitriles is 1. The van der Waals surface area contributed by atoms with Crippen LogP contribution in [-0.2, 0) is 14.3 Å². The van der Waals surface area contributed by atoms with E-state index in [0.29, 0.717) is 56.5 Å². The molecule has 1 saturated carbocycles. The first kappa shape index (κ1) is 24.0. The third-order valence-corrected chi connectivity index (χ3v) is 7.17. The molecule has 1 unspecified atom stereocenters. The van der Waals surface area contributed by atoms with Gasteiger partial charge in [-0.3, -0.25) is 9.59 Å². The molecule has 2 amide bonds. The van der Waals surface area contributed by atoms with E-state index >= 15 is 0 Å². The summed E-state index contributed by atoms with van der Waals surface area (Å²) in [6.45, 7) is 4.88. The van der Waals surface area contributed by atoms with Gasteiger partial charge in [-0.15, -0.1) is 0 Å². The number of rotatable bonds is 7. The van der Waals surface area contributed by atoms with Crippen molar-refractivity contribution in [3.8, 4) is 17.2 Å². The van der Waals surface area contributed by atoms with Crippen LogP contribution in [0.5, 0.6) is 0 Å². The second-order valence-electron chi connectivity index (χ2n) is 9.70. The van der Waals surface area contributed by atoms with E-state index in [1.807, 2.05) is 48.2 Å². The highest BCUT2D eigenvalue weighted by molar-refractivity contribution is 6.04. The van der Waals surface area contributed by atoms with Crippen LogP contribution >= 0.6 is 0 Å². The fourth-order valence-electron chi connectivity index (χ4n) is 5.11. The number of carbonyl (C=O) groups is 2. The molecule has 0 bridgehead atoms. The minimum Gasteiger partial charge on any atom is -0.384 e. The Labute approximate surface area is 211 Å². The number of benzene rings is 1. The fraction of sp³-hybridized carbons (Fsp3) is 0.429. The largest absolute Gasteiger partial charge is 0.384 e. The molecule has 1 atom stereocenters. The molecule has 2 aromatic rings. The Balaban J connectivity index is 1.44. The molecule has 8 nitrogen and oxygen atoms in total. The van der Waals surface area contributed by atoms with Crippen molar-refractivity contribution in [2.24, 2.45) is 0 Å². The van der Waals surface area contributed by atoms with E-state index in [9.17, 15) is 14.9 Å². The van der Waals surface area contributed by atoms with E-state index in [-0.39, 0.29) is 17.9 Å². The van der Waals surface area contributed by atoms with Gasteiger partial charge in [0.15, 0.2) is 0 Å². The minimum absolute atomic E-state index is 0.0174. The highest BCUT2D eigenvalue weighted by atomic mass is 16.5. The molecule has 0 N–H and O–H groups in total. The highest BCUT2D eigenvalue weighted by Crippen LogP contribution is 2.45. The number of piperazine rings is 1. The molecule has 5 rings (SSSR count). The highest BCUT2D eigenvalue weighted by Gasteiger charge is 2.33. The van der Waals surface area contributed by atoms with E-state index in [2.05, 4.69) is 11.0 Å². The van der Waals surface area contributed by atoms with Gasteiger partial charge in [0, 0.05) is 62.6 Å². The first-order valence-corrected chi connectivity index (χ1v) is 12.6. The zero-order chi connectivity index (χ0) is 25.2. The Morgan fingerprint density at radius 1 is 1.25 bits per heavy atom. The van der Waals surface area contributed by atoms with Gasteiger partial charge in [0.25, 0.3) is 5.91 Å². The van der Waals surface area contributed by atoms with Crippen LogP contribution in [0.15, 0.2) is 42.5 Å². The van der Waals surface area contributed by atoms with Crippen molar-refractivity contribution >= 4 is 23.3 Å². The van der Waals surface area contributed by atoms with Crippen LogP contribution in [0.25, 0.3) is 11.1 Å². The predicted octanol–water partition coefficient (Wildman–Crippen LogP) is 3.47. The van der Waals surface area contributed by atoms with Gasteiger partial charge in [0.1, 0.15) is 11.9 Å². The summed E-state index contributed by atoms with van der Waals surface area (Å²) in [4.78, 5) is 35.7. The Bertz CT molecular complexity index is 1250. The van der Waals surface area contributed by atoms with Crippen LogP contribution in [0.4, 0.5) is 11.5 Å². The van der Waals surface area contributed by atoms with Gasteiger partial charge >= 0.3 is 0 Å². The Morgan fingerprint density at radius 2 is 2.08 bits per heavy atom. The summed E-state index contributed by atoms with van der Waals surface area (Å²) in [5.74, 6) is 1.15. The Morgan fingerprint density at radius 3 is 2.75 bits per heavy atom. The van der Waals surface area contributed by atoms with Crippen LogP contribution < -0.4 is 9.80 Å². The summed E-state index contributed by atoms with van der Waals surface area (Å²) < 4.78 is 5.06. The quantitative estimate of drug-likeness (QED) is 0.597. The minimum atomic E-state index is -0.0188. The molecule has 2 aliphatic heterocycles. The molecule has 1 saturated heterocycles. The normalized spacial score (nSPS) is 19.6. The summed E-state index contributed by atoms with van der Waals surface area (Å²) in [6, 6.07) is 12.3. The number of carbonyl (C=O) groups excluding carboxylic acids is 2. The molecule has 2 fully saturated rings. The van der Waals surface area contributed by atoms with Gasteiger partial charge in [-0.2, -0.15) is 5.26 Å². The average Bonchev–Trinajstić information content (AvgIpc) is 3.66. The van der Waals surface area contributed by atoms with Gasteiger partial charge in [-0.1, -0.05) is 18.2 Å². The van der Waals surface area contributed by atoms with E-state index in [1.54, 1.807) is 18.1 Å². The van der Waals surface area contributed by atoms with Gasteiger partial charge in [0.05, 0.1) is 24.3 Å². The third kappa shape index (κ3) is 4.71. The molecule has 3 heterocycles. The number of hydrogen-bond donors (Lipinski definition) is 0. The maximum absolute atomic E-state index is 12.6. The summed E-state index contributed by atoms with van der Waals surface area (Å²) >= 11 is 0. The number of amides is 2. The van der Waals surface area contributed by atoms with Crippen molar-refractivity contribution < 1.29 is 14.3 Å². The molecular formula is C28H31N5O3. The summed E-state index contributed by atoms with van der Waals surface area (Å²) in [7, 11) is 1.60. The van der Waals surface area contributed by atoms with Crippen LogP contribution in [-0.4, -0.2) is 67.6 Å². The van der Waals surface area contributed by atoms with Crippen molar-refractivity contribution in [1.29, 1.82) is 5.26 Å². The maximum atomic E-state index is 12.6. The fourth-order valence-corrected chi connectivity index (χ4v) is 5.11. The van der Waals surface area contributed by atoms with Gasteiger partial charge in [-0.25, -0.2) is 4.98 Å². The van der Waals surface area contributed by atoms with Crippen LogP contribution in [0.1, 0.15) is 43.4 Å². The number of hydrogen-bond acceptors (Lipinski definition) is 6. The summed E-state index contributed by atoms with van der Waals surface area (Å²) in [5, 5.41) is 10.1. The van der Waals surface area contributed by atoms with Gasteiger partial charge < -0.3 is 19.4 Å². The standard InChI is InChI=1S/C28H31N5O3/c1-19-18-31(12-13-32(19)26(35)10-14-36-2)28-22(17-29)16-24(27(30-28)20-8-9-20)21-5-3-6-23(15-21)33-11-4-7-25(33)34/h3-7,15-16,19-20H,8-14,18H2,1-2H3. The lowest BCUT2D eigenvalue weighted by molar-refractivity contribution is -0.134. The molecule has 186 valence electrons. The average molecular weight is 486 g/mol. The SMILES string of the molecule is COCCC(=O)N1CCN(c2nc(C3CC3)c(-c3cccc(N4CC=CC4=O)c3)cc2C#N)CC1C. The van der Waals surface area contributed by atoms with E-state index in [0.717, 1.165) is 35.3 Å². The van der Waals surface area contributed by atoms with Crippen molar-refractivity contribution in [1.82, 2.24) is 9.88 Å². The van der Waals surface area contributed by atoms with Gasteiger partial charge in [0.2, 0.25) is 5.91 Å². The first-order chi connectivity index (χ1) is 17.5. The molecule has 1 aliphatic carbocycles. The zero-order valence-corrected chi connectivity index (χ0v) is 20.8. The lowest BCUT2D eigenvalue weighted by Crippen LogP contribution is -2.54. The second-order valence-corrected chi connectivity index (χ2v) is 9.70. The van der Waals surface area contributed by atoms with Crippen LogP contribution in [0.3, 0.4) is 0 Å². The van der Waals surface area contributed by atoms with E-state index in [4.69, 9.17) is 9.72 Å². The molecule has 36 heavy (non-hydrogen) atoms. The van der Waals surface area contributed by atoms with Crippen molar-refractivity contribution in [2.75, 3.05) is 49.7 Å². The number of anilines is 2. The van der Waals surface area contributed by atoms with Crippen molar-refractivity contribution in [3.63, 3.8) is 0 Å². The van der Waals surface area contributed by atoms with Crippen molar-refractivity contribution in [2.45, 2.75) is 38.1 Å². The summed E-state index contributed by atoms with van der Waals surface area (Å²) in [5.41, 5.74) is 4.31. The van der Waals surface area contributed by atoms with E-state index in [1.165, 1.54) is 0 Å². The zero-order valence-electron chi connectivity index (χ0n) is 20.8. The second kappa shape index (κ2) is 10.1. The first-order valence-electron chi connectivity index (χ1n) is 12.6. The Hall–Kier alpha value is -3.70. The molecular weight excluding hydrogens is 454 g/mol. The molecule has 0 radical (unpaired) electrons.